The molecule has 0 bridgehead atoms. The fraction of sp³-hybridized carbons (Fsp3) is 0.200. The normalized spacial score (nSPS) is 9.93. The zero-order valence-electron chi connectivity index (χ0n) is 15.7. The molecule has 0 unspecified atom stereocenters. The Balaban J connectivity index is 1.76. The minimum absolute atomic E-state index is 0.0310. The van der Waals surface area contributed by atoms with E-state index in [4.69, 9.17) is 0 Å². The maximum atomic E-state index is 12.0. The molecule has 2 aromatic carbocycles. The van der Waals surface area contributed by atoms with E-state index in [0.29, 0.717) is 22.7 Å². The molecule has 4 amide bonds. The maximum absolute atomic E-state index is 12.0. The van der Waals surface area contributed by atoms with Crippen LogP contribution in [0.4, 0.5) is 22.7 Å². The van der Waals surface area contributed by atoms with Crippen molar-refractivity contribution < 1.29 is 19.2 Å². The first-order valence-electron chi connectivity index (χ1n) is 8.67. The summed E-state index contributed by atoms with van der Waals surface area (Å²) in [5.41, 5.74) is 2.42. The van der Waals surface area contributed by atoms with E-state index in [1.807, 2.05) is 0 Å². The molecule has 8 nitrogen and oxygen atoms in total. The van der Waals surface area contributed by atoms with Crippen LogP contribution in [0.1, 0.15) is 26.7 Å². The zero-order chi connectivity index (χ0) is 20.5. The second-order valence-corrected chi connectivity index (χ2v) is 6.11. The van der Waals surface area contributed by atoms with Crippen molar-refractivity contribution in [1.29, 1.82) is 0 Å². The number of benzene rings is 2. The van der Waals surface area contributed by atoms with E-state index in [0.717, 1.165) is 0 Å². The average Bonchev–Trinajstić information content (AvgIpc) is 2.62. The van der Waals surface area contributed by atoms with E-state index in [-0.39, 0.29) is 36.5 Å². The lowest BCUT2D eigenvalue weighted by Crippen LogP contribution is -2.17. The van der Waals surface area contributed by atoms with Crippen molar-refractivity contribution in [2.45, 2.75) is 26.7 Å². The van der Waals surface area contributed by atoms with Gasteiger partial charge in [0, 0.05) is 49.4 Å². The Morgan fingerprint density at radius 1 is 0.536 bits per heavy atom. The van der Waals surface area contributed by atoms with Crippen LogP contribution in [-0.2, 0) is 19.2 Å². The molecule has 2 rings (SSSR count). The Morgan fingerprint density at radius 3 is 1.04 bits per heavy atom. The SMILES string of the molecule is CC(=O)Nc1ccc(NC(=O)CCC(=O)Nc2ccc(NC(C)=O)cc2)cc1. The van der Waals surface area contributed by atoms with Gasteiger partial charge >= 0.3 is 0 Å². The first kappa shape index (κ1) is 20.6. The summed E-state index contributed by atoms with van der Waals surface area (Å²) in [5, 5.41) is 10.7. The fourth-order valence-electron chi connectivity index (χ4n) is 2.35. The van der Waals surface area contributed by atoms with Crippen molar-refractivity contribution in [3.05, 3.63) is 48.5 Å². The molecule has 0 heterocycles. The van der Waals surface area contributed by atoms with Gasteiger partial charge in [0.2, 0.25) is 23.6 Å². The molecule has 0 fully saturated rings. The van der Waals surface area contributed by atoms with Crippen molar-refractivity contribution in [3.63, 3.8) is 0 Å². The van der Waals surface area contributed by atoms with Crippen LogP contribution < -0.4 is 21.3 Å². The summed E-state index contributed by atoms with van der Waals surface area (Å²) in [5.74, 6) is -0.924. The average molecular weight is 382 g/mol. The van der Waals surface area contributed by atoms with Gasteiger partial charge in [0.25, 0.3) is 0 Å². The number of anilines is 4. The molecule has 0 spiro atoms. The molecule has 2 aromatic rings. The van der Waals surface area contributed by atoms with Crippen LogP contribution in [0.2, 0.25) is 0 Å². The smallest absolute Gasteiger partial charge is 0.224 e. The molecule has 0 radical (unpaired) electrons. The number of nitrogens with one attached hydrogen (secondary N) is 4. The molecule has 0 saturated carbocycles. The highest BCUT2D eigenvalue weighted by Crippen LogP contribution is 2.15. The van der Waals surface area contributed by atoms with Gasteiger partial charge in [-0.3, -0.25) is 19.2 Å². The molecule has 0 aliphatic heterocycles. The van der Waals surface area contributed by atoms with Crippen molar-refractivity contribution >= 4 is 46.4 Å². The highest BCUT2D eigenvalue weighted by atomic mass is 16.2. The van der Waals surface area contributed by atoms with E-state index in [1.165, 1.54) is 13.8 Å². The van der Waals surface area contributed by atoms with Crippen LogP contribution in [0.3, 0.4) is 0 Å². The fourth-order valence-corrected chi connectivity index (χ4v) is 2.35. The van der Waals surface area contributed by atoms with Crippen LogP contribution in [0.25, 0.3) is 0 Å². The van der Waals surface area contributed by atoms with Crippen LogP contribution in [0.5, 0.6) is 0 Å². The van der Waals surface area contributed by atoms with E-state index >= 15 is 0 Å². The van der Waals surface area contributed by atoms with Crippen molar-refractivity contribution in [2.24, 2.45) is 0 Å². The summed E-state index contributed by atoms with van der Waals surface area (Å²) in [6.07, 6.45) is 0.0620. The van der Waals surface area contributed by atoms with E-state index < -0.39 is 0 Å². The van der Waals surface area contributed by atoms with Gasteiger partial charge in [-0.05, 0) is 48.5 Å². The van der Waals surface area contributed by atoms with Crippen LogP contribution >= 0.6 is 0 Å². The van der Waals surface area contributed by atoms with Gasteiger partial charge in [0.05, 0.1) is 0 Å². The highest BCUT2D eigenvalue weighted by Gasteiger charge is 2.08. The van der Waals surface area contributed by atoms with Crippen molar-refractivity contribution in [2.75, 3.05) is 21.3 Å². The quantitative estimate of drug-likeness (QED) is 0.589. The third-order valence-electron chi connectivity index (χ3n) is 3.56. The standard InChI is InChI=1S/C20H22N4O4/c1-13(25)21-15-3-7-17(8-4-15)23-19(27)11-12-20(28)24-18-9-5-16(6-10-18)22-14(2)26/h3-10H,11-12H2,1-2H3,(H,21,25)(H,22,26)(H,23,27)(H,24,28). The lowest BCUT2D eigenvalue weighted by atomic mass is 10.2. The van der Waals surface area contributed by atoms with Gasteiger partial charge in [-0.15, -0.1) is 0 Å². The van der Waals surface area contributed by atoms with Gasteiger partial charge < -0.3 is 21.3 Å². The monoisotopic (exact) mass is 382 g/mol. The largest absolute Gasteiger partial charge is 0.326 e. The second-order valence-electron chi connectivity index (χ2n) is 6.11. The van der Waals surface area contributed by atoms with Crippen molar-refractivity contribution in [1.82, 2.24) is 0 Å². The van der Waals surface area contributed by atoms with Gasteiger partial charge in [-0.25, -0.2) is 0 Å². The van der Waals surface area contributed by atoms with Gasteiger partial charge in [-0.2, -0.15) is 0 Å². The summed E-state index contributed by atoms with van der Waals surface area (Å²) in [6, 6.07) is 13.4. The Kier molecular flexibility index (Phi) is 7.27. The van der Waals surface area contributed by atoms with Crippen molar-refractivity contribution in [3.8, 4) is 0 Å². The van der Waals surface area contributed by atoms with Crippen LogP contribution in [0, 0.1) is 0 Å². The Hall–Kier alpha value is -3.68. The minimum Gasteiger partial charge on any atom is -0.326 e. The van der Waals surface area contributed by atoms with Gasteiger partial charge in [0.1, 0.15) is 0 Å². The molecule has 8 heteroatoms. The number of carbonyl (C=O) groups is 4. The summed E-state index contributed by atoms with van der Waals surface area (Å²) < 4.78 is 0. The second kappa shape index (κ2) is 9.86. The molecule has 0 aliphatic carbocycles. The number of amides is 4. The molecule has 0 atom stereocenters. The molecular formula is C20H22N4O4. The summed E-state index contributed by atoms with van der Waals surface area (Å²) in [7, 11) is 0. The first-order valence-corrected chi connectivity index (χ1v) is 8.67. The number of hydrogen-bond acceptors (Lipinski definition) is 4. The number of rotatable bonds is 7. The summed E-state index contributed by atoms with van der Waals surface area (Å²) >= 11 is 0. The predicted octanol–water partition coefficient (Wildman–Crippen LogP) is 2.96. The third-order valence-corrected chi connectivity index (χ3v) is 3.56. The molecule has 0 aromatic heterocycles. The van der Waals surface area contributed by atoms with Gasteiger partial charge in [0.15, 0.2) is 0 Å². The van der Waals surface area contributed by atoms with E-state index in [2.05, 4.69) is 21.3 Å². The molecule has 0 aliphatic rings. The topological polar surface area (TPSA) is 116 Å². The highest BCUT2D eigenvalue weighted by molar-refractivity contribution is 5.97. The minimum atomic E-state index is -0.288. The Bertz CT molecular complexity index is 787. The van der Waals surface area contributed by atoms with E-state index in [1.54, 1.807) is 48.5 Å². The van der Waals surface area contributed by atoms with E-state index in [9.17, 15) is 19.2 Å². The lowest BCUT2D eigenvalue weighted by Gasteiger charge is -2.08. The summed E-state index contributed by atoms with van der Waals surface area (Å²) in [4.78, 5) is 45.9. The predicted molar refractivity (Wildman–Crippen MR) is 108 cm³/mol. The van der Waals surface area contributed by atoms with Crippen LogP contribution in [-0.4, -0.2) is 23.6 Å². The van der Waals surface area contributed by atoms with Gasteiger partial charge in [-0.1, -0.05) is 0 Å². The number of hydrogen-bond donors (Lipinski definition) is 4. The first-order chi connectivity index (χ1) is 13.3. The molecule has 146 valence electrons. The number of carbonyl (C=O) groups excluding carboxylic acids is 4. The molecule has 4 N–H and O–H groups in total. The lowest BCUT2D eigenvalue weighted by molar-refractivity contribution is -0.121. The maximum Gasteiger partial charge on any atom is 0.224 e. The summed E-state index contributed by atoms with van der Waals surface area (Å²) in [6.45, 7) is 2.83. The Morgan fingerprint density at radius 2 is 0.786 bits per heavy atom. The zero-order valence-corrected chi connectivity index (χ0v) is 15.7. The molecular weight excluding hydrogens is 360 g/mol. The van der Waals surface area contributed by atoms with Crippen LogP contribution in [0.15, 0.2) is 48.5 Å². The third kappa shape index (κ3) is 7.28. The molecule has 0 saturated heterocycles. The Labute approximate surface area is 162 Å². The molecule has 28 heavy (non-hydrogen) atoms.